The maximum atomic E-state index is 5.18. The largest absolute Gasteiger partial charge is 0.383 e. The first kappa shape index (κ1) is 20.1. The van der Waals surface area contributed by atoms with Gasteiger partial charge in [-0.05, 0) is 33.1 Å². The number of aromatic nitrogens is 2. The van der Waals surface area contributed by atoms with Crippen LogP contribution in [-0.2, 0) is 17.8 Å². The van der Waals surface area contributed by atoms with Crippen LogP contribution in [-0.4, -0.2) is 66.6 Å². The molecule has 1 unspecified atom stereocenters. The van der Waals surface area contributed by atoms with Gasteiger partial charge in [-0.25, -0.2) is 0 Å². The lowest BCUT2D eigenvalue weighted by atomic mass is 10.2. The van der Waals surface area contributed by atoms with E-state index >= 15 is 0 Å². The highest BCUT2D eigenvalue weighted by Gasteiger charge is 2.30. The predicted octanol–water partition coefficient (Wildman–Crippen LogP) is 1.83. The van der Waals surface area contributed by atoms with Gasteiger partial charge < -0.3 is 15.4 Å². The standard InChI is InChI=1S/C20H36N6O/c1-15-19(16(2)26(24-15)11-12-27-4)13-22-20(21-3)23-17-9-10-25(14-17)18-7-5-6-8-18/h17-18H,5-14H2,1-4H3,(H2,21,22,23). The molecule has 2 fully saturated rings. The van der Waals surface area contributed by atoms with E-state index in [4.69, 9.17) is 4.74 Å². The summed E-state index contributed by atoms with van der Waals surface area (Å²) in [5, 5.41) is 11.7. The third-order valence-corrected chi connectivity index (χ3v) is 6.10. The van der Waals surface area contributed by atoms with Crippen molar-refractivity contribution in [2.45, 2.75) is 71.1 Å². The Labute approximate surface area is 163 Å². The molecule has 1 saturated heterocycles. The van der Waals surface area contributed by atoms with E-state index in [0.29, 0.717) is 12.6 Å². The molecule has 2 heterocycles. The molecule has 1 aliphatic heterocycles. The molecule has 1 aromatic rings. The van der Waals surface area contributed by atoms with Gasteiger partial charge in [0.25, 0.3) is 0 Å². The summed E-state index contributed by atoms with van der Waals surface area (Å²) in [5.41, 5.74) is 3.51. The van der Waals surface area contributed by atoms with Gasteiger partial charge in [0.15, 0.2) is 5.96 Å². The summed E-state index contributed by atoms with van der Waals surface area (Å²) in [6.07, 6.45) is 6.76. The monoisotopic (exact) mass is 376 g/mol. The Morgan fingerprint density at radius 2 is 2.04 bits per heavy atom. The number of aliphatic imine (C=N–C) groups is 1. The van der Waals surface area contributed by atoms with E-state index in [-0.39, 0.29) is 0 Å². The van der Waals surface area contributed by atoms with Crippen LogP contribution in [0.3, 0.4) is 0 Å². The zero-order valence-corrected chi connectivity index (χ0v) is 17.4. The molecule has 0 aromatic carbocycles. The molecule has 1 atom stereocenters. The van der Waals surface area contributed by atoms with Crippen LogP contribution in [0.15, 0.2) is 4.99 Å². The number of hydrogen-bond donors (Lipinski definition) is 2. The third-order valence-electron chi connectivity index (χ3n) is 6.10. The van der Waals surface area contributed by atoms with Gasteiger partial charge in [-0.2, -0.15) is 5.10 Å². The fraction of sp³-hybridized carbons (Fsp3) is 0.800. The van der Waals surface area contributed by atoms with E-state index < -0.39 is 0 Å². The van der Waals surface area contributed by atoms with Crippen molar-refractivity contribution in [3.8, 4) is 0 Å². The second-order valence-electron chi connectivity index (χ2n) is 7.85. The van der Waals surface area contributed by atoms with Crippen LogP contribution in [0.4, 0.5) is 0 Å². The molecule has 3 rings (SSSR count). The van der Waals surface area contributed by atoms with Crippen molar-refractivity contribution >= 4 is 5.96 Å². The highest BCUT2D eigenvalue weighted by Crippen LogP contribution is 2.26. The molecule has 2 N–H and O–H groups in total. The fourth-order valence-electron chi connectivity index (χ4n) is 4.45. The Morgan fingerprint density at radius 1 is 1.26 bits per heavy atom. The van der Waals surface area contributed by atoms with E-state index in [1.807, 2.05) is 11.7 Å². The number of nitrogens with one attached hydrogen (secondary N) is 2. The first-order chi connectivity index (χ1) is 13.1. The van der Waals surface area contributed by atoms with Crippen molar-refractivity contribution in [2.24, 2.45) is 4.99 Å². The number of methoxy groups -OCH3 is 1. The number of ether oxygens (including phenoxy) is 1. The van der Waals surface area contributed by atoms with Crippen LogP contribution in [0.5, 0.6) is 0 Å². The Kier molecular flexibility index (Phi) is 7.13. The first-order valence-corrected chi connectivity index (χ1v) is 10.4. The summed E-state index contributed by atoms with van der Waals surface area (Å²) in [6.45, 7) is 8.75. The third kappa shape index (κ3) is 5.02. The lowest BCUT2D eigenvalue weighted by molar-refractivity contribution is 0.182. The van der Waals surface area contributed by atoms with Crippen molar-refractivity contribution in [3.63, 3.8) is 0 Å². The van der Waals surface area contributed by atoms with Gasteiger partial charge in [0.05, 0.1) is 18.8 Å². The van der Waals surface area contributed by atoms with Crippen LogP contribution in [0, 0.1) is 13.8 Å². The molecule has 7 nitrogen and oxygen atoms in total. The second kappa shape index (κ2) is 9.55. The van der Waals surface area contributed by atoms with Crippen molar-refractivity contribution in [1.82, 2.24) is 25.3 Å². The Hall–Kier alpha value is -1.60. The molecule has 0 radical (unpaired) electrons. The van der Waals surface area contributed by atoms with Crippen LogP contribution in [0.1, 0.15) is 49.1 Å². The summed E-state index contributed by atoms with van der Waals surface area (Å²) in [6, 6.07) is 1.30. The normalized spacial score (nSPS) is 21.9. The maximum absolute atomic E-state index is 5.18. The van der Waals surface area contributed by atoms with E-state index in [9.17, 15) is 0 Å². The quantitative estimate of drug-likeness (QED) is 0.561. The number of aryl methyl sites for hydroxylation is 1. The van der Waals surface area contributed by atoms with E-state index in [0.717, 1.165) is 37.3 Å². The van der Waals surface area contributed by atoms with Gasteiger partial charge in [0, 0.05) is 57.1 Å². The van der Waals surface area contributed by atoms with Gasteiger partial charge in [-0.3, -0.25) is 14.6 Å². The number of hydrogen-bond acceptors (Lipinski definition) is 4. The van der Waals surface area contributed by atoms with Crippen molar-refractivity contribution in [1.29, 1.82) is 0 Å². The Bertz CT molecular complexity index is 635. The lowest BCUT2D eigenvalue weighted by Gasteiger charge is -2.24. The van der Waals surface area contributed by atoms with E-state index in [1.165, 1.54) is 49.9 Å². The number of rotatable bonds is 7. The maximum Gasteiger partial charge on any atom is 0.191 e. The number of nitrogens with zero attached hydrogens (tertiary/aromatic N) is 4. The summed E-state index contributed by atoms with van der Waals surface area (Å²) in [7, 11) is 3.57. The summed E-state index contributed by atoms with van der Waals surface area (Å²) in [5.74, 6) is 0.886. The first-order valence-electron chi connectivity index (χ1n) is 10.4. The molecule has 1 saturated carbocycles. The minimum absolute atomic E-state index is 0.489. The molecule has 0 amide bonds. The zero-order chi connectivity index (χ0) is 19.2. The van der Waals surface area contributed by atoms with Crippen LogP contribution < -0.4 is 10.6 Å². The minimum atomic E-state index is 0.489. The molecular weight excluding hydrogens is 340 g/mol. The highest BCUT2D eigenvalue weighted by atomic mass is 16.5. The number of likely N-dealkylation sites (tertiary alicyclic amines) is 1. The molecule has 0 bridgehead atoms. The van der Waals surface area contributed by atoms with Crippen LogP contribution in [0.25, 0.3) is 0 Å². The molecule has 1 aromatic heterocycles. The lowest BCUT2D eigenvalue weighted by Crippen LogP contribution is -2.45. The van der Waals surface area contributed by atoms with E-state index in [1.54, 1.807) is 7.11 Å². The smallest absolute Gasteiger partial charge is 0.191 e. The Morgan fingerprint density at radius 3 is 2.74 bits per heavy atom. The zero-order valence-electron chi connectivity index (χ0n) is 17.4. The molecule has 1 aliphatic carbocycles. The van der Waals surface area contributed by atoms with Gasteiger partial charge in [0.2, 0.25) is 0 Å². The molecule has 152 valence electrons. The predicted molar refractivity (Wildman–Crippen MR) is 109 cm³/mol. The van der Waals surface area contributed by atoms with Gasteiger partial charge >= 0.3 is 0 Å². The van der Waals surface area contributed by atoms with Gasteiger partial charge in [-0.15, -0.1) is 0 Å². The van der Waals surface area contributed by atoms with E-state index in [2.05, 4.69) is 39.5 Å². The second-order valence-corrected chi connectivity index (χ2v) is 7.85. The topological polar surface area (TPSA) is 66.7 Å². The summed E-state index contributed by atoms with van der Waals surface area (Å²) < 4.78 is 7.21. The van der Waals surface area contributed by atoms with Gasteiger partial charge in [-0.1, -0.05) is 12.8 Å². The molecular formula is C20H36N6O. The number of guanidine groups is 1. The summed E-state index contributed by atoms with van der Waals surface area (Å²) >= 11 is 0. The molecule has 27 heavy (non-hydrogen) atoms. The highest BCUT2D eigenvalue weighted by molar-refractivity contribution is 5.80. The van der Waals surface area contributed by atoms with Crippen LogP contribution in [0.2, 0.25) is 0 Å². The van der Waals surface area contributed by atoms with Crippen molar-refractivity contribution < 1.29 is 4.74 Å². The van der Waals surface area contributed by atoms with Crippen molar-refractivity contribution in [2.75, 3.05) is 33.9 Å². The Balaban J connectivity index is 1.50. The minimum Gasteiger partial charge on any atom is -0.383 e. The molecule has 2 aliphatic rings. The SMILES string of the molecule is CN=C(NCc1c(C)nn(CCOC)c1C)NC1CCN(C2CCCC2)C1. The average molecular weight is 377 g/mol. The van der Waals surface area contributed by atoms with Crippen molar-refractivity contribution in [3.05, 3.63) is 17.0 Å². The summed E-state index contributed by atoms with van der Waals surface area (Å²) in [4.78, 5) is 7.11. The molecule has 0 spiro atoms. The average Bonchev–Trinajstić information content (AvgIpc) is 3.39. The fourth-order valence-corrected chi connectivity index (χ4v) is 4.45. The molecule has 7 heteroatoms. The van der Waals surface area contributed by atoms with Gasteiger partial charge in [0.1, 0.15) is 0 Å². The van der Waals surface area contributed by atoms with Crippen LogP contribution >= 0.6 is 0 Å².